The zero-order chi connectivity index (χ0) is 22.7. The van der Waals surface area contributed by atoms with Gasteiger partial charge in [-0.2, -0.15) is 0 Å². The number of anilines is 1. The second kappa shape index (κ2) is 8.99. The fourth-order valence-corrected chi connectivity index (χ4v) is 3.37. The number of fused-ring (bicyclic) bond motifs is 1. The van der Waals surface area contributed by atoms with Crippen LogP contribution >= 0.6 is 11.6 Å². The van der Waals surface area contributed by atoms with Crippen molar-refractivity contribution in [1.82, 2.24) is 4.98 Å². The van der Waals surface area contributed by atoms with Crippen LogP contribution in [0.1, 0.15) is 16.1 Å². The Morgan fingerprint density at radius 1 is 1.09 bits per heavy atom. The Hall–Kier alpha value is -4.04. The number of rotatable bonds is 7. The van der Waals surface area contributed by atoms with Gasteiger partial charge >= 0.3 is 0 Å². The Bertz CT molecular complexity index is 1300. The summed E-state index contributed by atoms with van der Waals surface area (Å²) in [5.41, 5.74) is 2.30. The maximum Gasteiger partial charge on any atom is 0.272 e. The van der Waals surface area contributed by atoms with E-state index >= 15 is 0 Å². The molecule has 32 heavy (non-hydrogen) atoms. The first-order valence-corrected chi connectivity index (χ1v) is 9.94. The molecular formula is C23H18ClN3O5. The number of nitrogens with zero attached hydrogens (tertiary/aromatic N) is 1. The van der Waals surface area contributed by atoms with E-state index in [1.54, 1.807) is 37.4 Å². The summed E-state index contributed by atoms with van der Waals surface area (Å²) < 4.78 is 10.9. The first-order valence-electron chi connectivity index (χ1n) is 9.57. The van der Waals surface area contributed by atoms with Crippen molar-refractivity contribution < 1.29 is 19.2 Å². The number of benzene rings is 3. The van der Waals surface area contributed by atoms with Gasteiger partial charge in [-0.05, 0) is 48.0 Å². The predicted octanol–water partition coefficient (Wildman–Crippen LogP) is 5.57. The molecule has 0 saturated heterocycles. The topological polar surface area (TPSA) is 106 Å². The predicted molar refractivity (Wildman–Crippen MR) is 122 cm³/mol. The van der Waals surface area contributed by atoms with Gasteiger partial charge in [0.15, 0.2) is 0 Å². The van der Waals surface area contributed by atoms with Gasteiger partial charge in [0.2, 0.25) is 0 Å². The van der Waals surface area contributed by atoms with E-state index in [2.05, 4.69) is 10.3 Å². The van der Waals surface area contributed by atoms with Crippen LogP contribution in [0.3, 0.4) is 0 Å². The summed E-state index contributed by atoms with van der Waals surface area (Å²) in [7, 11) is 1.61. The van der Waals surface area contributed by atoms with Crippen molar-refractivity contribution in [3.63, 3.8) is 0 Å². The largest absolute Gasteiger partial charge is 0.497 e. The molecule has 0 radical (unpaired) electrons. The molecule has 0 atom stereocenters. The third-order valence-corrected chi connectivity index (χ3v) is 5.10. The molecule has 0 bridgehead atoms. The van der Waals surface area contributed by atoms with Crippen LogP contribution in [0.4, 0.5) is 11.4 Å². The molecule has 2 N–H and O–H groups in total. The molecule has 1 aromatic heterocycles. The Morgan fingerprint density at radius 2 is 1.88 bits per heavy atom. The summed E-state index contributed by atoms with van der Waals surface area (Å²) in [6.45, 7) is 0.330. The van der Waals surface area contributed by atoms with Crippen LogP contribution in [-0.4, -0.2) is 22.9 Å². The van der Waals surface area contributed by atoms with Gasteiger partial charge < -0.3 is 19.8 Å². The standard InChI is InChI=1S/C23H18ClN3O5/c1-31-18-6-2-14(3-7-18)13-32-22-9-4-16(12-19(22)24)25-23(28)21-11-15-10-17(27(29)30)5-8-20(15)26-21/h2-12,26H,13H2,1H3,(H,25,28). The van der Waals surface area contributed by atoms with Crippen LogP contribution in [0.5, 0.6) is 11.5 Å². The number of aromatic amines is 1. The number of nitrogens with one attached hydrogen (secondary N) is 2. The van der Waals surface area contributed by atoms with E-state index in [4.69, 9.17) is 21.1 Å². The zero-order valence-corrected chi connectivity index (χ0v) is 17.7. The number of halogens is 1. The highest BCUT2D eigenvalue weighted by Gasteiger charge is 2.14. The van der Waals surface area contributed by atoms with E-state index in [9.17, 15) is 14.9 Å². The minimum Gasteiger partial charge on any atom is -0.497 e. The summed E-state index contributed by atoms with van der Waals surface area (Å²) >= 11 is 6.32. The average Bonchev–Trinajstić information content (AvgIpc) is 3.22. The van der Waals surface area contributed by atoms with Gasteiger partial charge in [0.25, 0.3) is 11.6 Å². The van der Waals surface area contributed by atoms with Crippen molar-refractivity contribution >= 4 is 39.8 Å². The number of nitro benzene ring substituents is 1. The molecule has 8 nitrogen and oxygen atoms in total. The molecule has 0 unspecified atom stereocenters. The quantitative estimate of drug-likeness (QED) is 0.282. The van der Waals surface area contributed by atoms with Crippen LogP contribution in [0.25, 0.3) is 10.9 Å². The average molecular weight is 452 g/mol. The first kappa shape index (κ1) is 21.2. The Kier molecular flexibility index (Phi) is 5.96. The van der Waals surface area contributed by atoms with E-state index in [1.807, 2.05) is 24.3 Å². The summed E-state index contributed by atoms with van der Waals surface area (Å²) in [4.78, 5) is 26.0. The molecule has 1 amide bonds. The van der Waals surface area contributed by atoms with E-state index in [0.29, 0.717) is 34.0 Å². The molecule has 162 valence electrons. The van der Waals surface area contributed by atoms with Crippen molar-refractivity contribution in [1.29, 1.82) is 0 Å². The number of carbonyl (C=O) groups is 1. The molecular weight excluding hydrogens is 434 g/mol. The van der Waals surface area contributed by atoms with E-state index < -0.39 is 10.8 Å². The Balaban J connectivity index is 1.43. The number of methoxy groups -OCH3 is 1. The maximum absolute atomic E-state index is 12.6. The summed E-state index contributed by atoms with van der Waals surface area (Å²) in [6.07, 6.45) is 0. The Morgan fingerprint density at radius 3 is 2.56 bits per heavy atom. The SMILES string of the molecule is COc1ccc(COc2ccc(NC(=O)c3cc4cc([N+](=O)[O-])ccc4[nH]3)cc2Cl)cc1. The number of aromatic nitrogens is 1. The van der Waals surface area contributed by atoms with Crippen LogP contribution < -0.4 is 14.8 Å². The number of ether oxygens (including phenoxy) is 2. The number of hydrogen-bond donors (Lipinski definition) is 2. The Labute approximate surface area is 187 Å². The second-order valence-corrected chi connectivity index (χ2v) is 7.35. The van der Waals surface area contributed by atoms with Gasteiger partial charge in [-0.15, -0.1) is 0 Å². The highest BCUT2D eigenvalue weighted by molar-refractivity contribution is 6.32. The molecule has 0 aliphatic carbocycles. The molecule has 0 fully saturated rings. The molecule has 0 saturated carbocycles. The van der Waals surface area contributed by atoms with Crippen LogP contribution in [-0.2, 0) is 6.61 Å². The van der Waals surface area contributed by atoms with Crippen molar-refractivity contribution in [2.75, 3.05) is 12.4 Å². The van der Waals surface area contributed by atoms with Gasteiger partial charge in [-0.1, -0.05) is 23.7 Å². The molecule has 1 heterocycles. The van der Waals surface area contributed by atoms with E-state index in [1.165, 1.54) is 12.1 Å². The monoisotopic (exact) mass is 451 g/mol. The molecule has 4 aromatic rings. The molecule has 0 spiro atoms. The fraction of sp³-hybridized carbons (Fsp3) is 0.0870. The third-order valence-electron chi connectivity index (χ3n) is 4.80. The molecule has 0 aliphatic heterocycles. The first-order chi connectivity index (χ1) is 15.4. The minimum absolute atomic E-state index is 0.0412. The van der Waals surface area contributed by atoms with E-state index in [0.717, 1.165) is 11.3 Å². The van der Waals surface area contributed by atoms with Gasteiger partial charge in [-0.25, -0.2) is 0 Å². The lowest BCUT2D eigenvalue weighted by molar-refractivity contribution is -0.384. The molecule has 4 rings (SSSR count). The lowest BCUT2D eigenvalue weighted by Crippen LogP contribution is -2.12. The number of amides is 1. The third kappa shape index (κ3) is 4.65. The summed E-state index contributed by atoms with van der Waals surface area (Å²) in [5.74, 6) is 0.852. The van der Waals surface area contributed by atoms with Gasteiger partial charge in [0, 0.05) is 28.7 Å². The number of carbonyl (C=O) groups excluding carboxylic acids is 1. The number of hydrogen-bond acceptors (Lipinski definition) is 5. The smallest absolute Gasteiger partial charge is 0.272 e. The maximum atomic E-state index is 12.6. The van der Waals surface area contributed by atoms with Crippen LogP contribution in [0.2, 0.25) is 5.02 Å². The number of non-ortho nitro benzene ring substituents is 1. The lowest BCUT2D eigenvalue weighted by atomic mass is 10.2. The highest BCUT2D eigenvalue weighted by Crippen LogP contribution is 2.29. The summed E-state index contributed by atoms with van der Waals surface area (Å²) in [5, 5.41) is 14.6. The normalized spacial score (nSPS) is 10.7. The number of H-pyrrole nitrogens is 1. The zero-order valence-electron chi connectivity index (χ0n) is 16.9. The minimum atomic E-state index is -0.480. The summed E-state index contributed by atoms with van der Waals surface area (Å²) in [6, 6.07) is 18.4. The van der Waals surface area contributed by atoms with Crippen LogP contribution in [0, 0.1) is 10.1 Å². The van der Waals surface area contributed by atoms with Crippen LogP contribution in [0.15, 0.2) is 66.7 Å². The van der Waals surface area contributed by atoms with Crippen molar-refractivity contribution in [2.24, 2.45) is 0 Å². The van der Waals surface area contributed by atoms with Gasteiger partial charge in [0.05, 0.1) is 17.1 Å². The van der Waals surface area contributed by atoms with Crippen molar-refractivity contribution in [2.45, 2.75) is 6.61 Å². The van der Waals surface area contributed by atoms with Gasteiger partial charge in [-0.3, -0.25) is 14.9 Å². The van der Waals surface area contributed by atoms with Gasteiger partial charge in [0.1, 0.15) is 23.8 Å². The molecule has 9 heteroatoms. The fourth-order valence-electron chi connectivity index (χ4n) is 3.13. The second-order valence-electron chi connectivity index (χ2n) is 6.95. The molecule has 3 aromatic carbocycles. The highest BCUT2D eigenvalue weighted by atomic mass is 35.5. The lowest BCUT2D eigenvalue weighted by Gasteiger charge is -2.11. The van der Waals surface area contributed by atoms with Crippen molar-refractivity contribution in [3.8, 4) is 11.5 Å². The van der Waals surface area contributed by atoms with Crippen molar-refractivity contribution in [3.05, 3.63) is 93.1 Å². The molecule has 0 aliphatic rings. The number of nitro groups is 1. The van der Waals surface area contributed by atoms with E-state index in [-0.39, 0.29) is 11.4 Å².